The van der Waals surface area contributed by atoms with Gasteiger partial charge in [-0.2, -0.15) is 5.26 Å². The molecule has 0 aromatic heterocycles. The van der Waals surface area contributed by atoms with Crippen LogP contribution in [0, 0.1) is 21.4 Å². The number of anilines is 1. The Hall–Kier alpha value is -3.99. The number of hydrogen-bond acceptors (Lipinski definition) is 6. The normalized spacial score (nSPS) is 10.5. The summed E-state index contributed by atoms with van der Waals surface area (Å²) in [6, 6.07) is 16.0. The van der Waals surface area contributed by atoms with Crippen LogP contribution < -0.4 is 5.32 Å². The zero-order valence-electron chi connectivity index (χ0n) is 13.4. The van der Waals surface area contributed by atoms with Crippen molar-refractivity contribution in [2.45, 2.75) is 0 Å². The van der Waals surface area contributed by atoms with Gasteiger partial charge < -0.3 is 10.1 Å². The lowest BCUT2D eigenvalue weighted by atomic mass is 10.1. The summed E-state index contributed by atoms with van der Waals surface area (Å²) >= 11 is 0. The van der Waals surface area contributed by atoms with E-state index < -0.39 is 23.4 Å². The fourth-order valence-corrected chi connectivity index (χ4v) is 1.99. The monoisotopic (exact) mass is 351 g/mol. The molecule has 0 bridgehead atoms. The maximum Gasteiger partial charge on any atom is 0.349 e. The number of amides is 1. The minimum Gasteiger partial charge on any atom is -0.451 e. The van der Waals surface area contributed by atoms with Crippen LogP contribution in [0.4, 0.5) is 11.4 Å². The van der Waals surface area contributed by atoms with Crippen LogP contribution in [0.2, 0.25) is 0 Å². The van der Waals surface area contributed by atoms with Gasteiger partial charge in [0.1, 0.15) is 17.3 Å². The first-order valence-corrected chi connectivity index (χ1v) is 7.38. The van der Waals surface area contributed by atoms with Crippen LogP contribution in [0.1, 0.15) is 5.56 Å². The Balaban J connectivity index is 1.99. The van der Waals surface area contributed by atoms with E-state index in [0.717, 1.165) is 0 Å². The molecule has 130 valence electrons. The predicted molar refractivity (Wildman–Crippen MR) is 92.7 cm³/mol. The lowest BCUT2D eigenvalue weighted by Gasteiger charge is -2.06. The summed E-state index contributed by atoms with van der Waals surface area (Å²) in [6.45, 7) is -0.682. The molecule has 0 saturated heterocycles. The van der Waals surface area contributed by atoms with Gasteiger partial charge in [-0.05, 0) is 17.7 Å². The molecule has 0 unspecified atom stereocenters. The number of nitriles is 1. The maximum atomic E-state index is 11.9. The van der Waals surface area contributed by atoms with Gasteiger partial charge in [0.15, 0.2) is 6.61 Å². The molecule has 2 aromatic carbocycles. The van der Waals surface area contributed by atoms with Crippen LogP contribution in [0.3, 0.4) is 0 Å². The lowest BCUT2D eigenvalue weighted by molar-refractivity contribution is -0.383. The Morgan fingerprint density at radius 3 is 2.46 bits per heavy atom. The number of benzene rings is 2. The fraction of sp³-hybridized carbons (Fsp3) is 0.0556. The van der Waals surface area contributed by atoms with Crippen LogP contribution in [0.25, 0.3) is 6.08 Å². The second-order valence-corrected chi connectivity index (χ2v) is 4.98. The number of para-hydroxylation sites is 2. The van der Waals surface area contributed by atoms with E-state index in [1.807, 2.05) is 0 Å². The minimum absolute atomic E-state index is 0.0149. The number of rotatable bonds is 6. The third kappa shape index (κ3) is 5.01. The van der Waals surface area contributed by atoms with Gasteiger partial charge in [0.05, 0.1) is 4.92 Å². The van der Waals surface area contributed by atoms with Crippen molar-refractivity contribution in [2.75, 3.05) is 11.9 Å². The van der Waals surface area contributed by atoms with Crippen molar-refractivity contribution in [3.8, 4) is 6.07 Å². The SMILES string of the molecule is N#CC(=Cc1ccccc1)C(=O)OCC(=O)Nc1ccccc1[N+](=O)[O-]. The second kappa shape index (κ2) is 8.75. The van der Waals surface area contributed by atoms with E-state index in [2.05, 4.69) is 5.32 Å². The van der Waals surface area contributed by atoms with Crippen LogP contribution in [-0.2, 0) is 14.3 Å². The zero-order valence-corrected chi connectivity index (χ0v) is 13.4. The maximum absolute atomic E-state index is 11.9. The number of carbonyl (C=O) groups excluding carboxylic acids is 2. The number of ether oxygens (including phenoxy) is 1. The molecule has 2 aromatic rings. The summed E-state index contributed by atoms with van der Waals surface area (Å²) in [5.41, 5.74) is 0.0628. The summed E-state index contributed by atoms with van der Waals surface area (Å²) in [6.07, 6.45) is 1.34. The molecule has 0 fully saturated rings. The molecule has 0 saturated carbocycles. The third-order valence-corrected chi connectivity index (χ3v) is 3.16. The van der Waals surface area contributed by atoms with Crippen molar-refractivity contribution >= 4 is 29.3 Å². The summed E-state index contributed by atoms with van der Waals surface area (Å²) in [4.78, 5) is 34.0. The van der Waals surface area contributed by atoms with Crippen molar-refractivity contribution in [1.29, 1.82) is 5.26 Å². The molecule has 1 N–H and O–H groups in total. The second-order valence-electron chi connectivity index (χ2n) is 4.98. The largest absolute Gasteiger partial charge is 0.451 e. The van der Waals surface area contributed by atoms with E-state index in [1.54, 1.807) is 36.4 Å². The Labute approximate surface area is 148 Å². The first-order chi connectivity index (χ1) is 12.5. The zero-order chi connectivity index (χ0) is 18.9. The highest BCUT2D eigenvalue weighted by molar-refractivity contribution is 6.00. The number of nitrogens with one attached hydrogen (secondary N) is 1. The molecule has 0 aliphatic heterocycles. The van der Waals surface area contributed by atoms with E-state index >= 15 is 0 Å². The molecular weight excluding hydrogens is 338 g/mol. The lowest BCUT2D eigenvalue weighted by Crippen LogP contribution is -2.21. The third-order valence-electron chi connectivity index (χ3n) is 3.16. The van der Waals surface area contributed by atoms with Gasteiger partial charge in [-0.25, -0.2) is 4.79 Å². The van der Waals surface area contributed by atoms with Crippen molar-refractivity contribution in [3.63, 3.8) is 0 Å². The van der Waals surface area contributed by atoms with E-state index in [-0.39, 0.29) is 16.9 Å². The quantitative estimate of drug-likeness (QED) is 0.281. The van der Waals surface area contributed by atoms with Gasteiger partial charge >= 0.3 is 5.97 Å². The molecule has 26 heavy (non-hydrogen) atoms. The van der Waals surface area contributed by atoms with Gasteiger partial charge in [-0.3, -0.25) is 14.9 Å². The minimum atomic E-state index is -0.964. The molecule has 1 amide bonds. The smallest absolute Gasteiger partial charge is 0.349 e. The van der Waals surface area contributed by atoms with E-state index in [9.17, 15) is 19.7 Å². The van der Waals surface area contributed by atoms with E-state index in [1.165, 1.54) is 30.3 Å². The van der Waals surface area contributed by atoms with Crippen molar-refractivity contribution in [3.05, 3.63) is 75.8 Å². The number of esters is 1. The summed E-state index contributed by atoms with van der Waals surface area (Å²) in [7, 11) is 0. The molecule has 0 aliphatic carbocycles. The molecule has 2 rings (SSSR count). The average molecular weight is 351 g/mol. The highest BCUT2D eigenvalue weighted by Gasteiger charge is 2.17. The number of nitro benzene ring substituents is 1. The summed E-state index contributed by atoms with van der Waals surface area (Å²) in [5, 5.41) is 22.3. The highest BCUT2D eigenvalue weighted by atomic mass is 16.6. The van der Waals surface area contributed by atoms with Crippen LogP contribution in [0.15, 0.2) is 60.2 Å². The van der Waals surface area contributed by atoms with Gasteiger partial charge in [-0.1, -0.05) is 42.5 Å². The molecule has 8 heteroatoms. The predicted octanol–water partition coefficient (Wildman–Crippen LogP) is 2.68. The van der Waals surface area contributed by atoms with E-state index in [0.29, 0.717) is 5.56 Å². The standard InChI is InChI=1S/C18H13N3O5/c19-11-14(10-13-6-2-1-3-7-13)18(23)26-12-17(22)20-15-8-4-5-9-16(15)21(24)25/h1-10H,12H2,(H,20,22). The van der Waals surface area contributed by atoms with Crippen molar-refractivity contribution in [2.24, 2.45) is 0 Å². The molecule has 0 radical (unpaired) electrons. The van der Waals surface area contributed by atoms with Crippen LogP contribution in [0.5, 0.6) is 0 Å². The average Bonchev–Trinajstić information content (AvgIpc) is 2.65. The van der Waals surface area contributed by atoms with Gasteiger partial charge in [0, 0.05) is 6.07 Å². The molecule has 0 atom stereocenters. The Bertz CT molecular complexity index is 901. The molecule has 0 heterocycles. The molecular formula is C18H13N3O5. The molecule has 0 aliphatic rings. The van der Waals surface area contributed by atoms with Crippen LogP contribution >= 0.6 is 0 Å². The number of nitro groups is 1. The molecule has 8 nitrogen and oxygen atoms in total. The number of nitrogens with zero attached hydrogens (tertiary/aromatic N) is 2. The van der Waals surface area contributed by atoms with Crippen molar-refractivity contribution in [1.82, 2.24) is 0 Å². The number of carbonyl (C=O) groups is 2. The summed E-state index contributed by atoms with van der Waals surface area (Å²) in [5.74, 6) is -1.72. The first-order valence-electron chi connectivity index (χ1n) is 7.38. The highest BCUT2D eigenvalue weighted by Crippen LogP contribution is 2.22. The van der Waals surface area contributed by atoms with Crippen LogP contribution in [-0.4, -0.2) is 23.4 Å². The van der Waals surface area contributed by atoms with Gasteiger partial charge in [0.2, 0.25) is 0 Å². The van der Waals surface area contributed by atoms with Gasteiger partial charge in [-0.15, -0.1) is 0 Å². The van der Waals surface area contributed by atoms with Crippen molar-refractivity contribution < 1.29 is 19.2 Å². The Morgan fingerprint density at radius 2 is 1.81 bits per heavy atom. The number of hydrogen-bond donors (Lipinski definition) is 1. The van der Waals surface area contributed by atoms with E-state index in [4.69, 9.17) is 10.00 Å². The Kier molecular flexibility index (Phi) is 6.17. The summed E-state index contributed by atoms with van der Waals surface area (Å²) < 4.78 is 4.79. The Morgan fingerprint density at radius 1 is 1.15 bits per heavy atom. The van der Waals surface area contributed by atoms with Gasteiger partial charge in [0.25, 0.3) is 11.6 Å². The molecule has 0 spiro atoms. The topological polar surface area (TPSA) is 122 Å². The first kappa shape index (κ1) is 18.4. The fourth-order valence-electron chi connectivity index (χ4n) is 1.99.